The minimum Gasteiger partial charge on any atom is -0.442 e. The molecule has 1 aromatic carbocycles. The number of ether oxygens (including phenoxy) is 1. The smallest absolute Gasteiger partial charge is 0.434 e. The average Bonchev–Trinajstić information content (AvgIpc) is 2.37. The highest BCUT2D eigenvalue weighted by Gasteiger charge is 2.22. The first kappa shape index (κ1) is 17.2. The van der Waals surface area contributed by atoms with Crippen LogP contribution in [0.2, 0.25) is 0 Å². The number of rotatable bonds is 5. The lowest BCUT2D eigenvalue weighted by molar-refractivity contribution is -0.149. The molecule has 0 heterocycles. The summed E-state index contributed by atoms with van der Waals surface area (Å²) in [5.74, 6) is 0. The summed E-state index contributed by atoms with van der Waals surface area (Å²) in [5.41, 5.74) is 1.58. The number of amides is 1. The van der Waals surface area contributed by atoms with Gasteiger partial charge in [-0.05, 0) is 40.2 Å². The van der Waals surface area contributed by atoms with Crippen LogP contribution in [0.4, 0.5) is 4.79 Å². The first-order valence-electron chi connectivity index (χ1n) is 7.08. The van der Waals surface area contributed by atoms with Gasteiger partial charge in [0.15, 0.2) is 0 Å². The number of hydroxylamine groups is 2. The van der Waals surface area contributed by atoms with Crippen LogP contribution in [-0.2, 0) is 16.2 Å². The normalized spacial score (nSPS) is 10.9. The lowest BCUT2D eigenvalue weighted by Crippen LogP contribution is -2.37. The van der Waals surface area contributed by atoms with E-state index in [-0.39, 0.29) is 0 Å². The molecule has 4 heteroatoms. The van der Waals surface area contributed by atoms with E-state index >= 15 is 0 Å². The van der Waals surface area contributed by atoms with Crippen molar-refractivity contribution in [3.05, 3.63) is 47.5 Å². The second kappa shape index (κ2) is 7.84. The van der Waals surface area contributed by atoms with Crippen LogP contribution < -0.4 is 0 Å². The van der Waals surface area contributed by atoms with Crippen molar-refractivity contribution in [1.82, 2.24) is 5.06 Å². The fraction of sp³-hybridized carbons (Fsp3) is 0.471. The van der Waals surface area contributed by atoms with E-state index in [9.17, 15) is 4.79 Å². The van der Waals surface area contributed by atoms with Gasteiger partial charge in [-0.25, -0.2) is 4.79 Å². The Morgan fingerprint density at radius 1 is 1.19 bits per heavy atom. The first-order chi connectivity index (χ1) is 9.78. The lowest BCUT2D eigenvalue weighted by Gasteiger charge is -2.26. The van der Waals surface area contributed by atoms with Crippen molar-refractivity contribution < 1.29 is 14.4 Å². The third-order valence-corrected chi connectivity index (χ3v) is 2.49. The molecule has 1 amide bonds. The van der Waals surface area contributed by atoms with Gasteiger partial charge in [-0.15, -0.1) is 0 Å². The van der Waals surface area contributed by atoms with E-state index in [2.05, 4.69) is 0 Å². The molecule has 0 aliphatic heterocycles. The molecule has 0 radical (unpaired) electrons. The highest BCUT2D eigenvalue weighted by Crippen LogP contribution is 2.12. The maximum Gasteiger partial charge on any atom is 0.434 e. The number of allylic oxidation sites excluding steroid dienone is 1. The molecule has 0 spiro atoms. The Morgan fingerprint density at radius 2 is 1.81 bits per heavy atom. The van der Waals surface area contributed by atoms with Crippen molar-refractivity contribution in [2.24, 2.45) is 0 Å². The molecule has 21 heavy (non-hydrogen) atoms. The molecule has 0 aromatic heterocycles. The van der Waals surface area contributed by atoms with Crippen LogP contribution in [-0.4, -0.2) is 23.3 Å². The minimum absolute atomic E-state index is 0.330. The Morgan fingerprint density at radius 3 is 2.33 bits per heavy atom. The Kier molecular flexibility index (Phi) is 6.43. The zero-order valence-electron chi connectivity index (χ0n) is 13.6. The van der Waals surface area contributed by atoms with Crippen molar-refractivity contribution in [3.8, 4) is 0 Å². The number of carbonyl (C=O) groups excluding carboxylic acids is 1. The van der Waals surface area contributed by atoms with Gasteiger partial charge in [-0.3, -0.25) is 4.84 Å². The van der Waals surface area contributed by atoms with E-state index in [1.807, 2.05) is 71.0 Å². The predicted octanol–water partition coefficient (Wildman–Crippen LogP) is 4.32. The van der Waals surface area contributed by atoms with Crippen LogP contribution in [0, 0.1) is 0 Å². The fourth-order valence-corrected chi connectivity index (χ4v) is 1.48. The number of nitrogens with zero attached hydrogens (tertiary/aromatic N) is 1. The van der Waals surface area contributed by atoms with Crippen LogP contribution in [0.15, 0.2) is 42.0 Å². The molecule has 0 atom stereocenters. The zero-order valence-corrected chi connectivity index (χ0v) is 13.6. The largest absolute Gasteiger partial charge is 0.442 e. The standard InChI is InChI=1S/C17H25NO3/c1-14(2)11-12-18(16(19)21-17(3,4)5)20-13-15-9-7-6-8-10-15/h6-11H,12-13H2,1-5H3. The van der Waals surface area contributed by atoms with Gasteiger partial charge in [0.2, 0.25) is 0 Å². The number of carbonyl (C=O) groups is 1. The van der Waals surface area contributed by atoms with Gasteiger partial charge in [0.25, 0.3) is 0 Å². The molecule has 0 fully saturated rings. The molecule has 0 unspecified atom stereocenters. The zero-order chi connectivity index (χ0) is 15.9. The molecule has 0 saturated heterocycles. The Bertz CT molecular complexity index is 471. The Labute approximate surface area is 127 Å². The number of benzene rings is 1. The van der Waals surface area contributed by atoms with E-state index in [1.54, 1.807) is 0 Å². The summed E-state index contributed by atoms with van der Waals surface area (Å²) in [6.45, 7) is 10.2. The van der Waals surface area contributed by atoms with Crippen molar-refractivity contribution in [2.75, 3.05) is 6.54 Å². The van der Waals surface area contributed by atoms with Gasteiger partial charge in [-0.1, -0.05) is 42.0 Å². The summed E-state index contributed by atoms with van der Waals surface area (Å²) < 4.78 is 5.35. The molecular weight excluding hydrogens is 266 g/mol. The van der Waals surface area contributed by atoms with E-state index < -0.39 is 11.7 Å². The van der Waals surface area contributed by atoms with Crippen LogP contribution in [0.1, 0.15) is 40.2 Å². The highest BCUT2D eigenvalue weighted by molar-refractivity contribution is 5.67. The summed E-state index contributed by atoms with van der Waals surface area (Å²) in [7, 11) is 0. The van der Waals surface area contributed by atoms with Gasteiger partial charge in [0.1, 0.15) is 12.2 Å². The third kappa shape index (κ3) is 7.51. The van der Waals surface area contributed by atoms with E-state index in [0.717, 1.165) is 11.1 Å². The molecule has 0 aliphatic rings. The van der Waals surface area contributed by atoms with Crippen molar-refractivity contribution in [1.29, 1.82) is 0 Å². The third-order valence-electron chi connectivity index (χ3n) is 2.49. The monoisotopic (exact) mass is 291 g/mol. The second-order valence-corrected chi connectivity index (χ2v) is 6.08. The number of hydrogen-bond acceptors (Lipinski definition) is 3. The molecule has 1 aromatic rings. The van der Waals surface area contributed by atoms with E-state index in [0.29, 0.717) is 13.2 Å². The lowest BCUT2D eigenvalue weighted by atomic mass is 10.2. The van der Waals surface area contributed by atoms with Crippen LogP contribution >= 0.6 is 0 Å². The average molecular weight is 291 g/mol. The molecule has 4 nitrogen and oxygen atoms in total. The quantitative estimate of drug-likeness (QED) is 0.599. The Hall–Kier alpha value is -1.81. The van der Waals surface area contributed by atoms with E-state index in [1.165, 1.54) is 5.06 Å². The predicted molar refractivity (Wildman–Crippen MR) is 83.6 cm³/mol. The molecule has 0 aliphatic carbocycles. The van der Waals surface area contributed by atoms with Crippen molar-refractivity contribution in [3.63, 3.8) is 0 Å². The fourth-order valence-electron chi connectivity index (χ4n) is 1.48. The molecule has 1 rings (SSSR count). The maximum absolute atomic E-state index is 12.1. The topological polar surface area (TPSA) is 38.8 Å². The minimum atomic E-state index is -0.545. The Balaban J connectivity index is 2.68. The summed E-state index contributed by atoms with van der Waals surface area (Å²) in [4.78, 5) is 17.7. The van der Waals surface area contributed by atoms with Crippen LogP contribution in [0.5, 0.6) is 0 Å². The first-order valence-corrected chi connectivity index (χ1v) is 7.08. The SMILES string of the molecule is CC(C)=CCN(OCc1ccccc1)C(=O)OC(C)(C)C. The van der Waals surface area contributed by atoms with Gasteiger partial charge in [0.05, 0.1) is 6.54 Å². The van der Waals surface area contributed by atoms with Gasteiger partial charge >= 0.3 is 6.09 Å². The highest BCUT2D eigenvalue weighted by atomic mass is 16.7. The summed E-state index contributed by atoms with van der Waals surface area (Å²) >= 11 is 0. The molecule has 0 bridgehead atoms. The second-order valence-electron chi connectivity index (χ2n) is 6.08. The van der Waals surface area contributed by atoms with Gasteiger partial charge < -0.3 is 4.74 Å². The molecular formula is C17H25NO3. The van der Waals surface area contributed by atoms with Crippen molar-refractivity contribution in [2.45, 2.75) is 46.8 Å². The molecule has 116 valence electrons. The maximum atomic E-state index is 12.1. The summed E-state index contributed by atoms with van der Waals surface area (Å²) in [6.07, 6.45) is 1.45. The number of hydrogen-bond donors (Lipinski definition) is 0. The van der Waals surface area contributed by atoms with Crippen LogP contribution in [0.3, 0.4) is 0 Å². The van der Waals surface area contributed by atoms with E-state index in [4.69, 9.17) is 9.57 Å². The molecule has 0 saturated carbocycles. The van der Waals surface area contributed by atoms with Gasteiger partial charge in [-0.2, -0.15) is 5.06 Å². The van der Waals surface area contributed by atoms with Crippen molar-refractivity contribution >= 4 is 6.09 Å². The van der Waals surface area contributed by atoms with Crippen LogP contribution in [0.25, 0.3) is 0 Å². The summed E-state index contributed by atoms with van der Waals surface area (Å²) in [5, 5.41) is 1.26. The summed E-state index contributed by atoms with van der Waals surface area (Å²) in [6, 6.07) is 9.72. The van der Waals surface area contributed by atoms with Gasteiger partial charge in [0, 0.05) is 0 Å². The molecule has 0 N–H and O–H groups in total.